The normalized spacial score (nSPS) is 11.2. The molecular weight excluding hydrogens is 296 g/mol. The maximum Gasteiger partial charge on any atom is 0.303 e. The molecule has 0 atom stereocenters. The Labute approximate surface area is 134 Å². The molecule has 7 heteroatoms. The zero-order chi connectivity index (χ0) is 16.9. The number of carboxylic acids is 1. The first-order valence-electron chi connectivity index (χ1n) is 7.34. The lowest BCUT2D eigenvalue weighted by atomic mass is 9.98. The summed E-state index contributed by atoms with van der Waals surface area (Å²) in [5.74, 6) is -1.11. The first-order chi connectivity index (χ1) is 10.9. The Kier molecular flexibility index (Phi) is 5.10. The molecule has 1 amide bonds. The number of rotatable bonds is 7. The van der Waals surface area contributed by atoms with Gasteiger partial charge in [0.15, 0.2) is 0 Å². The molecule has 0 saturated carbocycles. The van der Waals surface area contributed by atoms with Gasteiger partial charge in [-0.2, -0.15) is 0 Å². The monoisotopic (exact) mass is 316 g/mol. The van der Waals surface area contributed by atoms with Gasteiger partial charge < -0.3 is 10.4 Å². The van der Waals surface area contributed by atoms with E-state index in [1.165, 1.54) is 4.68 Å². The van der Waals surface area contributed by atoms with Gasteiger partial charge in [-0.1, -0.05) is 35.5 Å². The highest BCUT2D eigenvalue weighted by atomic mass is 16.4. The Balaban J connectivity index is 1.93. The van der Waals surface area contributed by atoms with Gasteiger partial charge in [0.05, 0.1) is 6.20 Å². The topological polar surface area (TPSA) is 97.1 Å². The van der Waals surface area contributed by atoms with E-state index in [4.69, 9.17) is 5.11 Å². The van der Waals surface area contributed by atoms with Gasteiger partial charge in [-0.05, 0) is 20.3 Å². The number of carbonyl (C=O) groups is 2. The highest BCUT2D eigenvalue weighted by Crippen LogP contribution is 2.15. The van der Waals surface area contributed by atoms with E-state index in [2.05, 4.69) is 15.6 Å². The fourth-order valence-electron chi connectivity index (χ4n) is 2.16. The molecule has 2 rings (SSSR count). The number of nitrogens with zero attached hydrogens (tertiary/aromatic N) is 3. The van der Waals surface area contributed by atoms with Crippen molar-refractivity contribution in [3.05, 3.63) is 36.5 Å². The molecule has 2 N–H and O–H groups in total. The molecule has 0 fully saturated rings. The predicted molar refractivity (Wildman–Crippen MR) is 84.5 cm³/mol. The molecule has 0 radical (unpaired) electrons. The van der Waals surface area contributed by atoms with Crippen LogP contribution in [-0.4, -0.2) is 37.5 Å². The molecule has 7 nitrogen and oxygen atoms in total. The van der Waals surface area contributed by atoms with Gasteiger partial charge in [0.1, 0.15) is 12.2 Å². The Bertz CT molecular complexity index is 680. The average Bonchev–Trinajstić information content (AvgIpc) is 2.94. The van der Waals surface area contributed by atoms with E-state index >= 15 is 0 Å². The Morgan fingerprint density at radius 1 is 1.26 bits per heavy atom. The minimum absolute atomic E-state index is 0.00869. The van der Waals surface area contributed by atoms with Crippen LogP contribution >= 0.6 is 0 Å². The molecule has 2 aromatic rings. The number of carbonyl (C=O) groups excluding carboxylic acids is 1. The summed E-state index contributed by atoms with van der Waals surface area (Å²) >= 11 is 0. The molecule has 122 valence electrons. The quantitative estimate of drug-likeness (QED) is 0.810. The summed E-state index contributed by atoms with van der Waals surface area (Å²) in [6.45, 7) is 3.63. The molecular formula is C16H20N4O3. The van der Waals surface area contributed by atoms with Crippen molar-refractivity contribution in [1.29, 1.82) is 0 Å². The van der Waals surface area contributed by atoms with E-state index < -0.39 is 11.5 Å². The summed E-state index contributed by atoms with van der Waals surface area (Å²) < 4.78 is 1.46. The van der Waals surface area contributed by atoms with Gasteiger partial charge >= 0.3 is 5.97 Å². The number of aromatic nitrogens is 3. The van der Waals surface area contributed by atoms with E-state index in [0.29, 0.717) is 12.1 Å². The molecule has 1 aromatic carbocycles. The minimum Gasteiger partial charge on any atom is -0.481 e. The lowest BCUT2D eigenvalue weighted by molar-refractivity contribution is -0.137. The number of benzene rings is 1. The molecule has 0 aliphatic carbocycles. The number of amides is 1. The molecule has 0 unspecified atom stereocenters. The van der Waals surface area contributed by atoms with E-state index in [-0.39, 0.29) is 18.9 Å². The molecule has 1 aromatic heterocycles. The molecule has 0 saturated heterocycles. The Hall–Kier alpha value is -2.70. The van der Waals surface area contributed by atoms with E-state index in [0.717, 1.165) is 5.56 Å². The summed E-state index contributed by atoms with van der Waals surface area (Å²) in [7, 11) is 0. The maximum atomic E-state index is 12.1. The molecule has 23 heavy (non-hydrogen) atoms. The zero-order valence-electron chi connectivity index (χ0n) is 13.2. The van der Waals surface area contributed by atoms with Crippen LogP contribution in [0.4, 0.5) is 0 Å². The fraction of sp³-hybridized carbons (Fsp3) is 0.375. The summed E-state index contributed by atoms with van der Waals surface area (Å²) in [6.07, 6.45) is 2.08. The number of hydrogen-bond donors (Lipinski definition) is 2. The lowest BCUT2D eigenvalue weighted by Gasteiger charge is -2.25. The molecule has 0 spiro atoms. The van der Waals surface area contributed by atoms with Gasteiger partial charge in [-0.25, -0.2) is 4.68 Å². The van der Waals surface area contributed by atoms with Crippen LogP contribution in [0.5, 0.6) is 0 Å². The lowest BCUT2D eigenvalue weighted by Crippen LogP contribution is -2.45. The van der Waals surface area contributed by atoms with Gasteiger partial charge in [-0.15, -0.1) is 5.10 Å². The summed E-state index contributed by atoms with van der Waals surface area (Å²) in [6, 6.07) is 9.57. The zero-order valence-corrected chi connectivity index (χ0v) is 13.2. The van der Waals surface area contributed by atoms with Crippen molar-refractivity contribution >= 4 is 11.9 Å². The number of aliphatic carboxylic acids is 1. The first-order valence-corrected chi connectivity index (χ1v) is 7.34. The molecule has 0 aliphatic heterocycles. The maximum absolute atomic E-state index is 12.1. The highest BCUT2D eigenvalue weighted by molar-refractivity contribution is 5.76. The summed E-state index contributed by atoms with van der Waals surface area (Å²) in [4.78, 5) is 22.7. The first kappa shape index (κ1) is 16.7. The Morgan fingerprint density at radius 3 is 2.61 bits per heavy atom. The summed E-state index contributed by atoms with van der Waals surface area (Å²) in [5.41, 5.74) is 1.04. The van der Waals surface area contributed by atoms with Crippen LogP contribution in [0, 0.1) is 0 Å². The minimum atomic E-state index is -0.879. The molecule has 0 bridgehead atoms. The van der Waals surface area contributed by atoms with Gasteiger partial charge in [0.25, 0.3) is 0 Å². The van der Waals surface area contributed by atoms with Crippen LogP contribution < -0.4 is 5.32 Å². The van der Waals surface area contributed by atoms with Crippen molar-refractivity contribution in [2.24, 2.45) is 0 Å². The van der Waals surface area contributed by atoms with Crippen LogP contribution in [0.15, 0.2) is 36.5 Å². The number of carboxylic acid groups (broad SMARTS) is 1. The third-order valence-corrected chi connectivity index (χ3v) is 3.36. The van der Waals surface area contributed by atoms with Crippen LogP contribution in [0.1, 0.15) is 26.7 Å². The second-order valence-corrected chi connectivity index (χ2v) is 5.99. The van der Waals surface area contributed by atoms with Crippen molar-refractivity contribution in [3.8, 4) is 11.3 Å². The largest absolute Gasteiger partial charge is 0.481 e. The van der Waals surface area contributed by atoms with Crippen LogP contribution in [0.25, 0.3) is 11.3 Å². The average molecular weight is 316 g/mol. The number of nitrogens with one attached hydrogen (secondary N) is 1. The fourth-order valence-corrected chi connectivity index (χ4v) is 2.16. The van der Waals surface area contributed by atoms with Crippen molar-refractivity contribution in [2.45, 2.75) is 38.8 Å². The smallest absolute Gasteiger partial charge is 0.303 e. The van der Waals surface area contributed by atoms with E-state index in [1.54, 1.807) is 20.0 Å². The van der Waals surface area contributed by atoms with Crippen LogP contribution in [-0.2, 0) is 16.1 Å². The Morgan fingerprint density at radius 2 is 1.96 bits per heavy atom. The van der Waals surface area contributed by atoms with Crippen molar-refractivity contribution in [1.82, 2.24) is 20.3 Å². The predicted octanol–water partition coefficient (Wildman–Crippen LogP) is 1.70. The van der Waals surface area contributed by atoms with Crippen LogP contribution in [0.2, 0.25) is 0 Å². The van der Waals surface area contributed by atoms with E-state index in [9.17, 15) is 9.59 Å². The van der Waals surface area contributed by atoms with E-state index in [1.807, 2.05) is 30.3 Å². The van der Waals surface area contributed by atoms with Crippen LogP contribution in [0.3, 0.4) is 0 Å². The third-order valence-electron chi connectivity index (χ3n) is 3.36. The third kappa shape index (κ3) is 5.21. The second kappa shape index (κ2) is 7.04. The van der Waals surface area contributed by atoms with Gasteiger partial charge in [-0.3, -0.25) is 9.59 Å². The van der Waals surface area contributed by atoms with Crippen molar-refractivity contribution in [3.63, 3.8) is 0 Å². The van der Waals surface area contributed by atoms with Gasteiger partial charge in [0, 0.05) is 17.5 Å². The summed E-state index contributed by atoms with van der Waals surface area (Å²) in [5, 5.41) is 19.5. The SMILES string of the molecule is CC(C)(CCC(=O)O)NC(=O)Cn1cc(-c2ccccc2)nn1. The van der Waals surface area contributed by atoms with Gasteiger partial charge in [0.2, 0.25) is 5.91 Å². The molecule has 1 heterocycles. The second-order valence-electron chi connectivity index (χ2n) is 5.99. The van der Waals surface area contributed by atoms with Crippen molar-refractivity contribution < 1.29 is 14.7 Å². The standard InChI is InChI=1S/C16H20N4O3/c1-16(2,9-8-15(22)23)17-14(21)11-20-10-13(18-19-20)12-6-4-3-5-7-12/h3-7,10H,8-9,11H2,1-2H3,(H,17,21)(H,22,23). The molecule has 0 aliphatic rings. The highest BCUT2D eigenvalue weighted by Gasteiger charge is 2.21. The number of hydrogen-bond acceptors (Lipinski definition) is 4. The van der Waals surface area contributed by atoms with Crippen molar-refractivity contribution in [2.75, 3.05) is 0 Å².